The Labute approximate surface area is 147 Å². The van der Waals surface area contributed by atoms with Gasteiger partial charge in [-0.3, -0.25) is 0 Å². The summed E-state index contributed by atoms with van der Waals surface area (Å²) in [5.74, 6) is 0.275. The molecule has 0 atom stereocenters. The fourth-order valence-corrected chi connectivity index (χ4v) is 3.04. The van der Waals surface area contributed by atoms with Gasteiger partial charge in [-0.15, -0.1) is 0 Å². The van der Waals surface area contributed by atoms with E-state index in [0.717, 1.165) is 0 Å². The van der Waals surface area contributed by atoms with Crippen molar-refractivity contribution >= 4 is 32.9 Å². The van der Waals surface area contributed by atoms with Crippen molar-refractivity contribution in [2.75, 3.05) is 13.2 Å². The van der Waals surface area contributed by atoms with Gasteiger partial charge in [0.05, 0.1) is 13.2 Å². The number of aromatic hydroxyl groups is 2. The van der Waals surface area contributed by atoms with E-state index in [0.29, 0.717) is 35.5 Å². The second-order valence-corrected chi connectivity index (χ2v) is 5.69. The molecule has 0 saturated carbocycles. The van der Waals surface area contributed by atoms with Crippen LogP contribution < -0.4 is 15.1 Å². The molecule has 7 nitrogen and oxygen atoms in total. The van der Waals surface area contributed by atoms with E-state index in [1.807, 2.05) is 13.8 Å². The Morgan fingerprint density at radius 3 is 2.35 bits per heavy atom. The molecule has 4 rings (SSSR count). The predicted molar refractivity (Wildman–Crippen MR) is 95.4 cm³/mol. The number of hydrogen-bond acceptors (Lipinski definition) is 7. The number of rotatable bonds is 4. The van der Waals surface area contributed by atoms with Gasteiger partial charge in [0.25, 0.3) is 0 Å². The molecule has 0 spiro atoms. The zero-order chi connectivity index (χ0) is 18.4. The van der Waals surface area contributed by atoms with Crippen molar-refractivity contribution in [2.45, 2.75) is 13.8 Å². The molecule has 2 aromatic heterocycles. The van der Waals surface area contributed by atoms with Crippen molar-refractivity contribution < 1.29 is 28.5 Å². The number of ether oxygens (including phenoxy) is 2. The molecule has 0 aliphatic carbocycles. The Hall–Kier alpha value is -3.35. The standard InChI is InChI=1S/C19H16O7/c1-3-23-9-5-14(24-4-2)17-15(6-9)26-19(22)16-10-7-11(20)12(21)8-13(10)25-18(16)17/h5-8,20-21H,3-4H2,1-2H3. The monoisotopic (exact) mass is 356 g/mol. The number of hydrogen-bond donors (Lipinski definition) is 2. The first-order valence-corrected chi connectivity index (χ1v) is 8.18. The van der Waals surface area contributed by atoms with Gasteiger partial charge < -0.3 is 28.5 Å². The number of furan rings is 1. The van der Waals surface area contributed by atoms with Gasteiger partial charge in [-0.1, -0.05) is 0 Å². The Morgan fingerprint density at radius 1 is 0.885 bits per heavy atom. The minimum atomic E-state index is -0.618. The third-order valence-corrected chi connectivity index (χ3v) is 4.07. The minimum Gasteiger partial charge on any atom is -0.504 e. The van der Waals surface area contributed by atoms with Gasteiger partial charge in [-0.05, 0) is 19.9 Å². The largest absolute Gasteiger partial charge is 0.504 e. The van der Waals surface area contributed by atoms with Crippen LogP contribution in [0, 0.1) is 0 Å². The lowest BCUT2D eigenvalue weighted by atomic mass is 10.1. The van der Waals surface area contributed by atoms with Crippen molar-refractivity contribution in [3.8, 4) is 23.0 Å². The van der Waals surface area contributed by atoms with Crippen LogP contribution in [0.15, 0.2) is 37.9 Å². The molecule has 2 N–H and O–H groups in total. The highest BCUT2D eigenvalue weighted by atomic mass is 16.5. The van der Waals surface area contributed by atoms with E-state index in [4.69, 9.17) is 18.3 Å². The van der Waals surface area contributed by atoms with Gasteiger partial charge in [0, 0.05) is 23.6 Å². The number of phenols is 2. The van der Waals surface area contributed by atoms with Gasteiger partial charge in [0.2, 0.25) is 0 Å². The minimum absolute atomic E-state index is 0.174. The Kier molecular flexibility index (Phi) is 3.64. The predicted octanol–water partition coefficient (Wildman–Crippen LogP) is 3.90. The summed E-state index contributed by atoms with van der Waals surface area (Å²) in [6.45, 7) is 4.53. The fourth-order valence-electron chi connectivity index (χ4n) is 3.04. The summed E-state index contributed by atoms with van der Waals surface area (Å²) < 4.78 is 22.5. The zero-order valence-corrected chi connectivity index (χ0v) is 14.2. The summed E-state index contributed by atoms with van der Waals surface area (Å²) in [7, 11) is 0. The molecule has 0 aliphatic heterocycles. The van der Waals surface area contributed by atoms with E-state index in [2.05, 4.69) is 0 Å². The molecule has 0 unspecified atom stereocenters. The lowest BCUT2D eigenvalue weighted by Crippen LogP contribution is -2.01. The maximum Gasteiger partial charge on any atom is 0.348 e. The Balaban J connectivity index is 2.18. The first-order chi connectivity index (χ1) is 12.5. The molecule has 26 heavy (non-hydrogen) atoms. The highest BCUT2D eigenvalue weighted by Gasteiger charge is 2.21. The first-order valence-electron chi connectivity index (χ1n) is 8.18. The van der Waals surface area contributed by atoms with Crippen molar-refractivity contribution in [3.63, 3.8) is 0 Å². The van der Waals surface area contributed by atoms with E-state index in [1.54, 1.807) is 12.1 Å². The molecule has 0 saturated heterocycles. The maximum absolute atomic E-state index is 12.5. The van der Waals surface area contributed by atoms with E-state index < -0.39 is 5.63 Å². The average molecular weight is 356 g/mol. The molecule has 2 heterocycles. The molecule has 134 valence electrons. The molecule has 0 aliphatic rings. The normalized spacial score (nSPS) is 11.5. The van der Waals surface area contributed by atoms with Gasteiger partial charge in [-0.25, -0.2) is 4.79 Å². The summed E-state index contributed by atoms with van der Waals surface area (Å²) >= 11 is 0. The molecular formula is C19H16O7. The highest BCUT2D eigenvalue weighted by molar-refractivity contribution is 6.15. The van der Waals surface area contributed by atoms with E-state index in [1.165, 1.54) is 12.1 Å². The molecule has 0 bridgehead atoms. The second kappa shape index (κ2) is 5.87. The first kappa shape index (κ1) is 16.1. The van der Waals surface area contributed by atoms with E-state index >= 15 is 0 Å². The molecule has 0 fully saturated rings. The summed E-state index contributed by atoms with van der Waals surface area (Å²) in [5.41, 5.74) is 0.172. The van der Waals surface area contributed by atoms with Gasteiger partial charge in [0.15, 0.2) is 17.1 Å². The van der Waals surface area contributed by atoms with E-state index in [-0.39, 0.29) is 33.6 Å². The van der Waals surface area contributed by atoms with Gasteiger partial charge in [0.1, 0.15) is 33.4 Å². The van der Waals surface area contributed by atoms with Crippen LogP contribution >= 0.6 is 0 Å². The highest BCUT2D eigenvalue weighted by Crippen LogP contribution is 2.41. The van der Waals surface area contributed by atoms with Crippen molar-refractivity contribution in [1.82, 2.24) is 0 Å². The summed E-state index contributed by atoms with van der Waals surface area (Å²) in [4.78, 5) is 12.5. The third-order valence-electron chi connectivity index (χ3n) is 4.07. The van der Waals surface area contributed by atoms with Crippen molar-refractivity contribution in [1.29, 1.82) is 0 Å². The molecule has 4 aromatic rings. The van der Waals surface area contributed by atoms with Crippen LogP contribution in [0.4, 0.5) is 0 Å². The SMILES string of the molecule is CCOc1cc(OCC)c2c(c1)oc(=O)c1c3cc(O)c(O)cc3oc21. The number of benzene rings is 2. The number of phenolic OH excluding ortho intramolecular Hbond substituents is 2. The van der Waals surface area contributed by atoms with Crippen molar-refractivity contribution in [2.24, 2.45) is 0 Å². The lowest BCUT2D eigenvalue weighted by Gasteiger charge is -2.10. The summed E-state index contributed by atoms with van der Waals surface area (Å²) in [6, 6.07) is 5.83. The van der Waals surface area contributed by atoms with Crippen LogP contribution in [0.5, 0.6) is 23.0 Å². The Bertz CT molecular complexity index is 1200. The van der Waals surface area contributed by atoms with Crippen molar-refractivity contribution in [3.05, 3.63) is 34.7 Å². The van der Waals surface area contributed by atoms with Crippen LogP contribution in [0.25, 0.3) is 32.9 Å². The van der Waals surface area contributed by atoms with E-state index in [9.17, 15) is 15.0 Å². The molecule has 7 heteroatoms. The molecule has 0 radical (unpaired) electrons. The second-order valence-electron chi connectivity index (χ2n) is 5.69. The molecule has 0 amide bonds. The van der Waals surface area contributed by atoms with Crippen LogP contribution in [0.3, 0.4) is 0 Å². The topological polar surface area (TPSA) is 102 Å². The van der Waals surface area contributed by atoms with Gasteiger partial charge in [-0.2, -0.15) is 0 Å². The fraction of sp³-hybridized carbons (Fsp3) is 0.211. The third kappa shape index (κ3) is 2.32. The lowest BCUT2D eigenvalue weighted by molar-refractivity contribution is 0.325. The van der Waals surface area contributed by atoms with Crippen LogP contribution in [0.1, 0.15) is 13.8 Å². The van der Waals surface area contributed by atoms with Gasteiger partial charge >= 0.3 is 5.63 Å². The quantitative estimate of drug-likeness (QED) is 0.422. The van der Waals surface area contributed by atoms with Crippen LogP contribution in [-0.4, -0.2) is 23.4 Å². The molecular weight excluding hydrogens is 340 g/mol. The average Bonchev–Trinajstić information content (AvgIpc) is 2.94. The smallest absolute Gasteiger partial charge is 0.348 e. The number of fused-ring (bicyclic) bond motifs is 5. The summed E-state index contributed by atoms with van der Waals surface area (Å²) in [6.07, 6.45) is 0. The summed E-state index contributed by atoms with van der Waals surface area (Å²) in [5, 5.41) is 20.5. The maximum atomic E-state index is 12.5. The molecule has 2 aromatic carbocycles. The van der Waals surface area contributed by atoms with Crippen LogP contribution in [-0.2, 0) is 0 Å². The Morgan fingerprint density at radius 2 is 1.62 bits per heavy atom. The zero-order valence-electron chi connectivity index (χ0n) is 14.2. The van der Waals surface area contributed by atoms with Crippen LogP contribution in [0.2, 0.25) is 0 Å².